The number of piperidine rings is 1. The maximum atomic E-state index is 14.4. The first-order valence-corrected chi connectivity index (χ1v) is 28.1. The molecule has 0 saturated carbocycles. The molecule has 3 N–H and O–H groups in total. The van der Waals surface area contributed by atoms with Crippen LogP contribution in [0.5, 0.6) is 11.5 Å². The van der Waals surface area contributed by atoms with Crippen molar-refractivity contribution < 1.29 is 72.2 Å². The van der Waals surface area contributed by atoms with Gasteiger partial charge in [0.15, 0.2) is 12.1 Å². The molecule has 0 bridgehead atoms. The highest BCUT2D eigenvalue weighted by molar-refractivity contribution is 7.86. The average Bonchev–Trinajstić information content (AvgIpc) is 3.79. The number of anilines is 1. The van der Waals surface area contributed by atoms with E-state index in [4.69, 9.17) is 9.57 Å². The highest BCUT2D eigenvalue weighted by Gasteiger charge is 2.41. The molecule has 5 aliphatic rings. The molecule has 8 rings (SSSR count). The van der Waals surface area contributed by atoms with Crippen LogP contribution >= 0.6 is 0 Å². The topological polar surface area (TPSA) is 271 Å². The SMILES string of the molecule is CCN1c2cc3c(cc2C(CS(=O)(=O)O)=CC1(C)C)C(c1n(CC(=O)N2CCC(C(=O)ON4C(=O)CCC4=O)CC2)cc[n+]1CCCS(=O)(=O)O)=c1cc2c(cc1O3)=[N+](CC)C(C)(C)C=C2CS(=O)(=O)O. The molecule has 0 spiro atoms. The number of likely N-dealkylation sites (N-methyl/N-ethyl adjacent to an activating group) is 2. The molecule has 0 atom stereocenters. The van der Waals surface area contributed by atoms with Gasteiger partial charge in [0.05, 0.1) is 41.0 Å². The van der Waals surface area contributed by atoms with E-state index < -0.39 is 82.4 Å². The molecule has 5 aliphatic heterocycles. The second-order valence-corrected chi connectivity index (χ2v) is 24.0. The monoisotopic (exact) mass is 1040 g/mol. The maximum Gasteiger partial charge on any atom is 0.336 e. The van der Waals surface area contributed by atoms with Gasteiger partial charge in [-0.3, -0.25) is 28.0 Å². The minimum Gasteiger partial charge on any atom is -0.456 e. The van der Waals surface area contributed by atoms with Gasteiger partial charge in [0.25, 0.3) is 53.9 Å². The Hall–Kier alpha value is -5.79. The van der Waals surface area contributed by atoms with E-state index in [0.717, 1.165) is 0 Å². The largest absolute Gasteiger partial charge is 0.456 e. The lowest BCUT2D eigenvalue weighted by molar-refractivity contribution is -0.698. The molecule has 0 aliphatic carbocycles. The summed E-state index contributed by atoms with van der Waals surface area (Å²) in [7, 11) is -13.6. The second kappa shape index (κ2) is 18.7. The van der Waals surface area contributed by atoms with Gasteiger partial charge in [-0.1, -0.05) is 6.08 Å². The van der Waals surface area contributed by atoms with Gasteiger partial charge in [-0.2, -0.15) is 25.3 Å². The smallest absolute Gasteiger partial charge is 0.336 e. The number of aryl methyl sites for hydroxylation is 1. The molecule has 2 saturated heterocycles. The van der Waals surface area contributed by atoms with Crippen LogP contribution in [0.2, 0.25) is 0 Å². The number of amides is 3. The van der Waals surface area contributed by atoms with Crippen molar-refractivity contribution in [1.29, 1.82) is 0 Å². The number of aromatic nitrogens is 2. The second-order valence-electron chi connectivity index (χ2n) is 19.5. The Labute approximate surface area is 411 Å². The highest BCUT2D eigenvalue weighted by atomic mass is 32.2. The molecule has 2 aromatic carbocycles. The van der Waals surface area contributed by atoms with E-state index >= 15 is 0 Å². The van der Waals surface area contributed by atoms with Crippen molar-refractivity contribution in [2.24, 2.45) is 5.92 Å². The summed E-state index contributed by atoms with van der Waals surface area (Å²) in [6.45, 7) is 12.4. The Kier molecular flexibility index (Phi) is 13.6. The Morgan fingerprint density at radius 3 is 2.04 bits per heavy atom. The van der Waals surface area contributed by atoms with Crippen LogP contribution in [-0.4, -0.2) is 132 Å². The van der Waals surface area contributed by atoms with Crippen LogP contribution < -0.4 is 29.4 Å². The first-order chi connectivity index (χ1) is 33.1. The maximum absolute atomic E-state index is 14.4. The lowest BCUT2D eigenvalue weighted by Crippen LogP contribution is -2.50. The molecule has 1 aromatic heterocycles. The summed E-state index contributed by atoms with van der Waals surface area (Å²) in [5.74, 6) is -4.12. The molecule has 3 amide bonds. The molecule has 382 valence electrons. The van der Waals surface area contributed by atoms with E-state index in [9.17, 15) is 58.1 Å². The van der Waals surface area contributed by atoms with Gasteiger partial charge in [0.2, 0.25) is 5.36 Å². The predicted molar refractivity (Wildman–Crippen MR) is 258 cm³/mol. The minimum absolute atomic E-state index is 0.00578. The van der Waals surface area contributed by atoms with E-state index in [-0.39, 0.29) is 64.2 Å². The fourth-order valence-electron chi connectivity index (χ4n) is 10.6. The van der Waals surface area contributed by atoms with Gasteiger partial charge in [-0.25, -0.2) is 18.5 Å². The van der Waals surface area contributed by atoms with Crippen molar-refractivity contribution in [2.45, 2.75) is 97.8 Å². The number of hydrogen-bond acceptors (Lipinski definition) is 13. The van der Waals surface area contributed by atoms with E-state index in [0.29, 0.717) is 85.1 Å². The predicted octanol–water partition coefficient (Wildman–Crippen LogP) is 1.72. The lowest BCUT2D eigenvalue weighted by Gasteiger charge is -2.43. The van der Waals surface area contributed by atoms with Crippen LogP contribution in [0, 0.1) is 5.92 Å². The lowest BCUT2D eigenvalue weighted by atomic mass is 9.85. The number of carbonyl (C=O) groups excluding carboxylic acids is 4. The number of rotatable bonds is 15. The summed E-state index contributed by atoms with van der Waals surface area (Å²) >= 11 is 0. The van der Waals surface area contributed by atoms with E-state index in [1.807, 2.05) is 41.5 Å². The van der Waals surface area contributed by atoms with Crippen molar-refractivity contribution in [3.8, 4) is 11.5 Å². The number of benzene rings is 2. The summed E-state index contributed by atoms with van der Waals surface area (Å²) in [6, 6.07) is 7.05. The normalized spacial score (nSPS) is 18.9. The molecule has 21 nitrogen and oxygen atoms in total. The summed E-state index contributed by atoms with van der Waals surface area (Å²) in [6.07, 6.45) is 6.98. The molecule has 24 heteroatoms. The molecule has 3 aromatic rings. The molecular formula is C47H58N6O15S3+2. The number of fused-ring (bicyclic) bond motifs is 4. The van der Waals surface area contributed by atoms with Gasteiger partial charge in [0, 0.05) is 80.8 Å². The summed E-state index contributed by atoms with van der Waals surface area (Å²) in [5, 5.41) is 1.49. The Morgan fingerprint density at radius 1 is 0.817 bits per heavy atom. The van der Waals surface area contributed by atoms with Crippen LogP contribution in [-0.2, 0) is 67.5 Å². The third-order valence-electron chi connectivity index (χ3n) is 13.7. The van der Waals surface area contributed by atoms with Crippen LogP contribution in [0.25, 0.3) is 16.7 Å². The van der Waals surface area contributed by atoms with E-state index in [1.54, 1.807) is 62.8 Å². The van der Waals surface area contributed by atoms with Gasteiger partial charge in [-0.15, -0.1) is 5.06 Å². The number of ether oxygens (including phenoxy) is 1. The fourth-order valence-corrected chi connectivity index (χ4v) is 12.4. The zero-order valence-electron chi connectivity index (χ0n) is 40.2. The standard InChI is InChI=1S/C47H56N6O15S3/c1-7-51-36-22-38-34(20-32(36)30(24-46(51,3)4)27-70(61,62)63)43(35-21-33-31(28-71(64,65)66)25-47(5,6)52(8-2)37(33)23-39(35)67-38)44-49(14-9-19-69(58,59)60)17-18-50(44)26-42(56)48-15-12-29(13-16-48)45(57)68-53-40(54)10-11-41(53)55/h17-18,20-25,29H,7-16,19,26-28H2,1-6H3,(H-2,58,59,60,61,62,63,64,65,66)/p+2. The van der Waals surface area contributed by atoms with Crippen LogP contribution in [0.3, 0.4) is 0 Å². The van der Waals surface area contributed by atoms with Crippen LogP contribution in [0.1, 0.15) is 96.2 Å². The minimum atomic E-state index is -4.57. The quantitative estimate of drug-likeness (QED) is 0.0869. The zero-order chi connectivity index (χ0) is 51.7. The third kappa shape index (κ3) is 10.6. The van der Waals surface area contributed by atoms with Gasteiger partial charge in [0.1, 0.15) is 41.9 Å². The highest BCUT2D eigenvalue weighted by Crippen LogP contribution is 2.46. The fraction of sp³-hybridized carbons (Fsp3) is 0.489. The Balaban J connectivity index is 1.33. The first kappa shape index (κ1) is 51.6. The van der Waals surface area contributed by atoms with Gasteiger partial charge >= 0.3 is 5.97 Å². The Morgan fingerprint density at radius 2 is 1.45 bits per heavy atom. The number of nitrogens with zero attached hydrogens (tertiary/aromatic N) is 6. The van der Waals surface area contributed by atoms with E-state index in [2.05, 4.69) is 9.48 Å². The summed E-state index contributed by atoms with van der Waals surface area (Å²) < 4.78 is 117. The molecule has 2 fully saturated rings. The van der Waals surface area contributed by atoms with Gasteiger partial charge in [-0.05, 0) is 69.9 Å². The number of imidazole rings is 1. The average molecular weight is 1040 g/mol. The molecular weight excluding hydrogens is 985 g/mol. The van der Waals surface area contributed by atoms with Crippen molar-refractivity contribution in [2.75, 3.05) is 48.3 Å². The summed E-state index contributed by atoms with van der Waals surface area (Å²) in [5.41, 5.74) is 1.42. The molecule has 0 radical (unpaired) electrons. The molecule has 0 unspecified atom stereocenters. The Bertz CT molecular complexity index is 3320. The number of hydrogen-bond donors (Lipinski definition) is 3. The zero-order valence-corrected chi connectivity index (χ0v) is 42.7. The van der Waals surface area contributed by atoms with Gasteiger partial charge < -0.3 is 19.4 Å². The van der Waals surface area contributed by atoms with Crippen molar-refractivity contribution >= 4 is 76.5 Å². The van der Waals surface area contributed by atoms with E-state index in [1.165, 1.54) is 0 Å². The number of likely N-dealkylation sites (tertiary alicyclic amines) is 1. The number of imide groups is 1. The molecule has 71 heavy (non-hydrogen) atoms. The summed E-state index contributed by atoms with van der Waals surface area (Å²) in [4.78, 5) is 60.5. The molecule has 6 heterocycles. The van der Waals surface area contributed by atoms with Crippen LogP contribution in [0.15, 0.2) is 48.8 Å². The van der Waals surface area contributed by atoms with Crippen LogP contribution in [0.4, 0.5) is 5.69 Å². The van der Waals surface area contributed by atoms with Crippen molar-refractivity contribution in [3.05, 3.63) is 81.9 Å². The first-order valence-electron chi connectivity index (χ1n) is 23.3. The van der Waals surface area contributed by atoms with Crippen molar-refractivity contribution in [1.82, 2.24) is 19.1 Å². The number of carbonyl (C=O) groups is 4. The number of hydroxylamine groups is 2. The third-order valence-corrected chi connectivity index (χ3v) is 15.8. The van der Waals surface area contributed by atoms with Crippen molar-refractivity contribution in [3.63, 3.8) is 0 Å².